The van der Waals surface area contributed by atoms with E-state index in [0.717, 1.165) is 16.7 Å². The Morgan fingerprint density at radius 2 is 1.50 bits per heavy atom. The fraction of sp³-hybridized carbons (Fsp3) is 0.158. The smallest absolute Gasteiger partial charge is 0.340 e. The van der Waals surface area contributed by atoms with Gasteiger partial charge in [-0.1, -0.05) is 60.7 Å². The molecule has 0 saturated heterocycles. The molecule has 2 aromatic rings. The summed E-state index contributed by atoms with van der Waals surface area (Å²) in [5.74, 6) is -0.365. The van der Waals surface area contributed by atoms with Crippen LogP contribution in [0.1, 0.15) is 18.1 Å². The highest BCUT2D eigenvalue weighted by Gasteiger charge is 2.17. The topological polar surface area (TPSA) is 38.7 Å². The van der Waals surface area contributed by atoms with E-state index >= 15 is 0 Å². The molecule has 0 bridgehead atoms. The van der Waals surface area contributed by atoms with Crippen molar-refractivity contribution in [2.45, 2.75) is 6.92 Å². The lowest BCUT2D eigenvalue weighted by Gasteiger charge is -2.13. The lowest BCUT2D eigenvalue weighted by atomic mass is 9.93. The van der Waals surface area contributed by atoms with E-state index in [-0.39, 0.29) is 5.97 Å². The average Bonchev–Trinajstić information content (AvgIpc) is 2.56. The van der Waals surface area contributed by atoms with Crippen molar-refractivity contribution in [2.75, 3.05) is 13.7 Å². The fourth-order valence-corrected chi connectivity index (χ4v) is 2.24. The predicted molar refractivity (Wildman–Crippen MR) is 90.0 cm³/mol. The maximum atomic E-state index is 12.3. The van der Waals surface area contributed by atoms with E-state index in [9.17, 15) is 4.79 Å². The van der Waals surface area contributed by atoms with E-state index in [4.69, 9.17) is 4.74 Å². The van der Waals surface area contributed by atoms with Gasteiger partial charge >= 0.3 is 5.97 Å². The van der Waals surface area contributed by atoms with E-state index in [1.807, 2.05) is 60.7 Å². The molecular formula is C19H19NO2. The number of aliphatic imine (C=N–C) groups is 1. The van der Waals surface area contributed by atoms with Gasteiger partial charge in [-0.05, 0) is 18.1 Å². The van der Waals surface area contributed by atoms with E-state index in [0.29, 0.717) is 12.2 Å². The SMILES string of the molecule is CCOC(=O)C(/C=N/C)=C(c1ccccc1)c1ccccc1. The number of hydrogen-bond donors (Lipinski definition) is 0. The first-order valence-corrected chi connectivity index (χ1v) is 7.22. The second kappa shape index (κ2) is 7.93. The van der Waals surface area contributed by atoms with Gasteiger partial charge in [-0.2, -0.15) is 0 Å². The van der Waals surface area contributed by atoms with Crippen molar-refractivity contribution in [3.8, 4) is 0 Å². The summed E-state index contributed by atoms with van der Waals surface area (Å²) in [6, 6.07) is 19.6. The molecule has 3 nitrogen and oxygen atoms in total. The summed E-state index contributed by atoms with van der Waals surface area (Å²) >= 11 is 0. The van der Waals surface area contributed by atoms with E-state index in [2.05, 4.69) is 4.99 Å². The fourth-order valence-electron chi connectivity index (χ4n) is 2.24. The maximum absolute atomic E-state index is 12.3. The number of carbonyl (C=O) groups is 1. The molecule has 0 aliphatic rings. The second-order valence-corrected chi connectivity index (χ2v) is 4.63. The Balaban J connectivity index is 2.69. The van der Waals surface area contributed by atoms with Gasteiger partial charge in [0.25, 0.3) is 0 Å². The molecule has 0 aliphatic heterocycles. The molecule has 3 heteroatoms. The highest BCUT2D eigenvalue weighted by atomic mass is 16.5. The average molecular weight is 293 g/mol. The molecule has 0 N–H and O–H groups in total. The maximum Gasteiger partial charge on any atom is 0.340 e. The van der Waals surface area contributed by atoms with Crippen LogP contribution in [-0.2, 0) is 9.53 Å². The van der Waals surface area contributed by atoms with Crippen LogP contribution < -0.4 is 0 Å². The standard InChI is InChI=1S/C19H19NO2/c1-3-22-19(21)17(14-20-2)18(15-10-6-4-7-11-15)16-12-8-5-9-13-16/h4-14H,3H2,1-2H3/b20-14+. The van der Waals surface area contributed by atoms with Gasteiger partial charge in [0.15, 0.2) is 0 Å². The predicted octanol–water partition coefficient (Wildman–Crippen LogP) is 3.75. The molecule has 0 aromatic heterocycles. The molecule has 2 rings (SSSR count). The summed E-state index contributed by atoms with van der Waals surface area (Å²) in [7, 11) is 1.65. The number of benzene rings is 2. The van der Waals surface area contributed by atoms with Crippen molar-refractivity contribution in [1.82, 2.24) is 0 Å². The zero-order valence-electron chi connectivity index (χ0n) is 12.8. The summed E-state index contributed by atoms with van der Waals surface area (Å²) in [6.45, 7) is 2.13. The lowest BCUT2D eigenvalue weighted by Crippen LogP contribution is -2.12. The Morgan fingerprint density at radius 1 is 1.00 bits per heavy atom. The molecule has 0 radical (unpaired) electrons. The number of esters is 1. The van der Waals surface area contributed by atoms with Crippen LogP contribution >= 0.6 is 0 Å². The zero-order valence-corrected chi connectivity index (χ0v) is 12.8. The molecule has 0 unspecified atom stereocenters. The minimum absolute atomic E-state index is 0.330. The monoisotopic (exact) mass is 293 g/mol. The number of hydrogen-bond acceptors (Lipinski definition) is 3. The minimum Gasteiger partial charge on any atom is -0.462 e. The van der Waals surface area contributed by atoms with Crippen LogP contribution in [0, 0.1) is 0 Å². The van der Waals surface area contributed by atoms with Gasteiger partial charge in [-0.25, -0.2) is 4.79 Å². The van der Waals surface area contributed by atoms with Crippen LogP contribution in [0.5, 0.6) is 0 Å². The Bertz CT molecular complexity index is 632. The third-order valence-corrected chi connectivity index (χ3v) is 3.15. The van der Waals surface area contributed by atoms with Crippen molar-refractivity contribution >= 4 is 17.8 Å². The Labute approximate surface area is 131 Å². The lowest BCUT2D eigenvalue weighted by molar-refractivity contribution is -0.137. The van der Waals surface area contributed by atoms with Crippen LogP contribution in [0.25, 0.3) is 5.57 Å². The van der Waals surface area contributed by atoms with Crippen LogP contribution in [0.2, 0.25) is 0 Å². The highest BCUT2D eigenvalue weighted by molar-refractivity contribution is 6.18. The van der Waals surface area contributed by atoms with Gasteiger partial charge in [0, 0.05) is 18.8 Å². The number of ether oxygens (including phenoxy) is 1. The molecule has 22 heavy (non-hydrogen) atoms. The largest absolute Gasteiger partial charge is 0.462 e. The Kier molecular flexibility index (Phi) is 5.66. The Morgan fingerprint density at radius 3 is 1.91 bits per heavy atom. The molecule has 0 heterocycles. The van der Waals surface area contributed by atoms with Gasteiger partial charge in [0.2, 0.25) is 0 Å². The third-order valence-electron chi connectivity index (χ3n) is 3.15. The van der Waals surface area contributed by atoms with Gasteiger partial charge < -0.3 is 4.74 Å². The first kappa shape index (κ1) is 15.7. The molecule has 2 aromatic carbocycles. The van der Waals surface area contributed by atoms with Gasteiger partial charge in [-0.3, -0.25) is 4.99 Å². The number of nitrogens with zero attached hydrogens (tertiary/aromatic N) is 1. The van der Waals surface area contributed by atoms with Crippen LogP contribution in [0.3, 0.4) is 0 Å². The first-order chi connectivity index (χ1) is 10.8. The van der Waals surface area contributed by atoms with Crippen LogP contribution in [-0.4, -0.2) is 25.8 Å². The first-order valence-electron chi connectivity index (χ1n) is 7.22. The molecule has 0 atom stereocenters. The summed E-state index contributed by atoms with van der Waals surface area (Å²) in [5.41, 5.74) is 3.19. The molecule has 0 aliphatic carbocycles. The third kappa shape index (κ3) is 3.70. The highest BCUT2D eigenvalue weighted by Crippen LogP contribution is 2.27. The second-order valence-electron chi connectivity index (χ2n) is 4.63. The van der Waals surface area contributed by atoms with Gasteiger partial charge in [0.05, 0.1) is 12.2 Å². The van der Waals surface area contributed by atoms with Crippen molar-refractivity contribution in [3.63, 3.8) is 0 Å². The number of carbonyl (C=O) groups excluding carboxylic acids is 1. The molecule has 0 saturated carbocycles. The summed E-state index contributed by atoms with van der Waals surface area (Å²) < 4.78 is 5.19. The summed E-state index contributed by atoms with van der Waals surface area (Å²) in [5, 5.41) is 0. The molecule has 0 spiro atoms. The van der Waals surface area contributed by atoms with Crippen molar-refractivity contribution in [3.05, 3.63) is 77.4 Å². The van der Waals surface area contributed by atoms with E-state index in [1.54, 1.807) is 20.2 Å². The quantitative estimate of drug-likeness (QED) is 0.478. The zero-order chi connectivity index (χ0) is 15.8. The van der Waals surface area contributed by atoms with Crippen molar-refractivity contribution in [2.24, 2.45) is 4.99 Å². The van der Waals surface area contributed by atoms with Crippen LogP contribution in [0.15, 0.2) is 71.2 Å². The van der Waals surface area contributed by atoms with E-state index in [1.165, 1.54) is 0 Å². The Hall–Kier alpha value is -2.68. The van der Waals surface area contributed by atoms with Gasteiger partial charge in [0.1, 0.15) is 0 Å². The van der Waals surface area contributed by atoms with Gasteiger partial charge in [-0.15, -0.1) is 0 Å². The van der Waals surface area contributed by atoms with Crippen molar-refractivity contribution in [1.29, 1.82) is 0 Å². The van der Waals surface area contributed by atoms with E-state index < -0.39 is 0 Å². The number of rotatable bonds is 5. The minimum atomic E-state index is -0.365. The molecule has 0 amide bonds. The van der Waals surface area contributed by atoms with Crippen molar-refractivity contribution < 1.29 is 9.53 Å². The molecular weight excluding hydrogens is 274 g/mol. The normalized spacial score (nSPS) is 10.5. The summed E-state index contributed by atoms with van der Waals surface area (Å²) in [4.78, 5) is 16.4. The van der Waals surface area contributed by atoms with Crippen LogP contribution in [0.4, 0.5) is 0 Å². The molecule has 0 fully saturated rings. The summed E-state index contributed by atoms with van der Waals surface area (Å²) in [6.07, 6.45) is 1.56. The molecule has 112 valence electrons.